The van der Waals surface area contributed by atoms with Gasteiger partial charge in [-0.15, -0.1) is 0 Å². The Kier molecular flexibility index (Phi) is 5.35. The second-order valence-electron chi connectivity index (χ2n) is 6.41. The standard InChI is InChI=1S/C21H22N4O2/c1-14-12-18(15(2)25(14)13-17-10-6-7-11-23-17)21(27)24-19(20(22)26)16-8-4-3-5-9-16/h3-12,19H,13H2,1-2H3,(H2,22,26)(H,24,27)/t19-/m0/s1. The number of hydrogen-bond acceptors (Lipinski definition) is 3. The smallest absolute Gasteiger partial charge is 0.254 e. The van der Waals surface area contributed by atoms with Crippen LogP contribution in [0.25, 0.3) is 0 Å². The van der Waals surface area contributed by atoms with E-state index in [-0.39, 0.29) is 5.91 Å². The van der Waals surface area contributed by atoms with E-state index in [4.69, 9.17) is 5.73 Å². The zero-order valence-corrected chi connectivity index (χ0v) is 15.3. The molecule has 27 heavy (non-hydrogen) atoms. The molecule has 3 rings (SSSR count). The highest BCUT2D eigenvalue weighted by Gasteiger charge is 2.23. The summed E-state index contributed by atoms with van der Waals surface area (Å²) in [6.45, 7) is 4.39. The van der Waals surface area contributed by atoms with E-state index in [9.17, 15) is 9.59 Å². The van der Waals surface area contributed by atoms with Crippen LogP contribution in [0.1, 0.15) is 39.0 Å². The second-order valence-corrected chi connectivity index (χ2v) is 6.41. The summed E-state index contributed by atoms with van der Waals surface area (Å²) in [5.74, 6) is -0.931. The molecule has 3 aromatic rings. The first-order chi connectivity index (χ1) is 13.0. The summed E-state index contributed by atoms with van der Waals surface area (Å²) in [4.78, 5) is 29.0. The summed E-state index contributed by atoms with van der Waals surface area (Å²) in [5, 5.41) is 2.75. The van der Waals surface area contributed by atoms with Crippen molar-refractivity contribution in [1.82, 2.24) is 14.9 Å². The summed E-state index contributed by atoms with van der Waals surface area (Å²) < 4.78 is 2.03. The van der Waals surface area contributed by atoms with Crippen LogP contribution in [0.3, 0.4) is 0 Å². The van der Waals surface area contributed by atoms with Gasteiger partial charge in [0.25, 0.3) is 5.91 Å². The second kappa shape index (κ2) is 7.86. The van der Waals surface area contributed by atoms with Crippen molar-refractivity contribution in [3.05, 3.63) is 89.0 Å². The van der Waals surface area contributed by atoms with Crippen molar-refractivity contribution in [3.63, 3.8) is 0 Å². The predicted octanol–water partition coefficient (Wildman–Crippen LogP) is 2.50. The summed E-state index contributed by atoms with van der Waals surface area (Å²) in [6.07, 6.45) is 1.74. The minimum absolute atomic E-state index is 0.331. The first-order valence-electron chi connectivity index (χ1n) is 8.69. The maximum Gasteiger partial charge on any atom is 0.254 e. The van der Waals surface area contributed by atoms with Crippen molar-refractivity contribution >= 4 is 11.8 Å². The highest BCUT2D eigenvalue weighted by molar-refractivity contribution is 5.98. The topological polar surface area (TPSA) is 90.0 Å². The fourth-order valence-corrected chi connectivity index (χ4v) is 3.10. The number of rotatable bonds is 6. The van der Waals surface area contributed by atoms with Crippen molar-refractivity contribution in [2.75, 3.05) is 0 Å². The van der Waals surface area contributed by atoms with Crippen LogP contribution in [0.2, 0.25) is 0 Å². The molecule has 0 aliphatic heterocycles. The van der Waals surface area contributed by atoms with Gasteiger partial charge < -0.3 is 15.6 Å². The van der Waals surface area contributed by atoms with Gasteiger partial charge >= 0.3 is 0 Å². The lowest BCUT2D eigenvalue weighted by molar-refractivity contribution is -0.120. The summed E-state index contributed by atoms with van der Waals surface area (Å²) in [6, 6.07) is 15.7. The Morgan fingerprint density at radius 3 is 2.44 bits per heavy atom. The van der Waals surface area contributed by atoms with E-state index in [0.717, 1.165) is 17.1 Å². The van der Waals surface area contributed by atoms with Gasteiger partial charge in [0, 0.05) is 17.6 Å². The number of carbonyl (C=O) groups excluding carboxylic acids is 2. The van der Waals surface area contributed by atoms with Gasteiger partial charge in [-0.2, -0.15) is 0 Å². The number of aryl methyl sites for hydroxylation is 1. The van der Waals surface area contributed by atoms with Crippen LogP contribution in [0.4, 0.5) is 0 Å². The SMILES string of the molecule is Cc1cc(C(=O)N[C@H](C(N)=O)c2ccccc2)c(C)n1Cc1ccccn1. The van der Waals surface area contributed by atoms with Crippen LogP contribution in [-0.4, -0.2) is 21.4 Å². The third-order valence-electron chi connectivity index (χ3n) is 4.56. The van der Waals surface area contributed by atoms with E-state index in [1.54, 1.807) is 30.5 Å². The molecule has 0 unspecified atom stereocenters. The number of pyridine rings is 1. The van der Waals surface area contributed by atoms with Crippen LogP contribution in [0, 0.1) is 13.8 Å². The molecule has 0 spiro atoms. The monoisotopic (exact) mass is 362 g/mol. The molecule has 2 heterocycles. The number of aromatic nitrogens is 2. The number of benzene rings is 1. The lowest BCUT2D eigenvalue weighted by atomic mass is 10.1. The molecule has 0 radical (unpaired) electrons. The fourth-order valence-electron chi connectivity index (χ4n) is 3.10. The van der Waals surface area contributed by atoms with E-state index in [0.29, 0.717) is 17.7 Å². The average Bonchev–Trinajstić information content (AvgIpc) is 2.95. The summed E-state index contributed by atoms with van der Waals surface area (Å²) >= 11 is 0. The molecular formula is C21H22N4O2. The molecular weight excluding hydrogens is 340 g/mol. The largest absolute Gasteiger partial charge is 0.368 e. The normalized spacial score (nSPS) is 11.8. The third kappa shape index (κ3) is 4.06. The molecule has 1 aromatic carbocycles. The Morgan fingerprint density at radius 1 is 1.11 bits per heavy atom. The number of hydrogen-bond donors (Lipinski definition) is 2. The minimum atomic E-state index is -0.877. The Morgan fingerprint density at radius 2 is 1.81 bits per heavy atom. The Hall–Kier alpha value is -3.41. The van der Waals surface area contributed by atoms with Crippen LogP contribution in [-0.2, 0) is 11.3 Å². The maximum absolute atomic E-state index is 12.8. The average molecular weight is 362 g/mol. The van der Waals surface area contributed by atoms with E-state index < -0.39 is 11.9 Å². The Balaban J connectivity index is 1.84. The molecule has 2 amide bonds. The highest BCUT2D eigenvalue weighted by Crippen LogP contribution is 2.19. The number of primary amides is 1. The number of nitrogens with zero attached hydrogens (tertiary/aromatic N) is 2. The minimum Gasteiger partial charge on any atom is -0.368 e. The van der Waals surface area contributed by atoms with Crippen molar-refractivity contribution < 1.29 is 9.59 Å². The molecule has 0 aliphatic carbocycles. The zero-order valence-electron chi connectivity index (χ0n) is 15.3. The molecule has 0 saturated heterocycles. The van der Waals surface area contributed by atoms with Gasteiger partial charge in [0.05, 0.1) is 17.8 Å². The molecule has 1 atom stereocenters. The van der Waals surface area contributed by atoms with Gasteiger partial charge in [-0.25, -0.2) is 0 Å². The van der Waals surface area contributed by atoms with Crippen molar-refractivity contribution in [3.8, 4) is 0 Å². The van der Waals surface area contributed by atoms with Gasteiger partial charge in [0.15, 0.2) is 0 Å². The lowest BCUT2D eigenvalue weighted by Gasteiger charge is -2.16. The van der Waals surface area contributed by atoms with Gasteiger partial charge in [0.1, 0.15) is 6.04 Å². The summed E-state index contributed by atoms with van der Waals surface area (Å²) in [5.41, 5.74) is 9.34. The number of nitrogens with one attached hydrogen (secondary N) is 1. The first kappa shape index (κ1) is 18.4. The number of carbonyl (C=O) groups is 2. The van der Waals surface area contributed by atoms with Crippen molar-refractivity contribution in [2.45, 2.75) is 26.4 Å². The predicted molar refractivity (Wildman–Crippen MR) is 103 cm³/mol. The third-order valence-corrected chi connectivity index (χ3v) is 4.56. The van der Waals surface area contributed by atoms with Crippen molar-refractivity contribution in [1.29, 1.82) is 0 Å². The molecule has 2 aromatic heterocycles. The summed E-state index contributed by atoms with van der Waals surface area (Å²) in [7, 11) is 0. The highest BCUT2D eigenvalue weighted by atomic mass is 16.2. The maximum atomic E-state index is 12.8. The lowest BCUT2D eigenvalue weighted by Crippen LogP contribution is -2.37. The number of nitrogens with two attached hydrogens (primary N) is 1. The molecule has 6 nitrogen and oxygen atoms in total. The van der Waals surface area contributed by atoms with Crippen LogP contribution < -0.4 is 11.1 Å². The van der Waals surface area contributed by atoms with Gasteiger partial charge in [-0.05, 0) is 37.6 Å². The molecule has 3 N–H and O–H groups in total. The molecule has 0 saturated carbocycles. The zero-order chi connectivity index (χ0) is 19.4. The number of amides is 2. The molecule has 138 valence electrons. The molecule has 0 fully saturated rings. The molecule has 0 aliphatic rings. The van der Waals surface area contributed by atoms with Gasteiger partial charge in [-0.3, -0.25) is 14.6 Å². The van der Waals surface area contributed by atoms with E-state index in [1.807, 2.05) is 48.7 Å². The molecule has 6 heteroatoms. The van der Waals surface area contributed by atoms with Crippen LogP contribution in [0.15, 0.2) is 60.8 Å². The fraction of sp³-hybridized carbons (Fsp3) is 0.190. The van der Waals surface area contributed by atoms with E-state index in [2.05, 4.69) is 10.3 Å². The van der Waals surface area contributed by atoms with Crippen LogP contribution in [0.5, 0.6) is 0 Å². The van der Waals surface area contributed by atoms with E-state index in [1.165, 1.54) is 0 Å². The Labute approximate surface area is 158 Å². The van der Waals surface area contributed by atoms with Gasteiger partial charge in [-0.1, -0.05) is 36.4 Å². The van der Waals surface area contributed by atoms with Crippen LogP contribution >= 0.6 is 0 Å². The molecule has 0 bridgehead atoms. The van der Waals surface area contributed by atoms with Crippen molar-refractivity contribution in [2.24, 2.45) is 5.73 Å². The van der Waals surface area contributed by atoms with E-state index >= 15 is 0 Å². The Bertz CT molecular complexity index is 949. The first-order valence-corrected chi connectivity index (χ1v) is 8.69. The quantitative estimate of drug-likeness (QED) is 0.706. The van der Waals surface area contributed by atoms with Gasteiger partial charge in [0.2, 0.25) is 5.91 Å².